The van der Waals surface area contributed by atoms with Gasteiger partial charge in [0.05, 0.1) is 12.8 Å². The van der Waals surface area contributed by atoms with Gasteiger partial charge in [0.15, 0.2) is 5.84 Å². The van der Waals surface area contributed by atoms with Crippen molar-refractivity contribution in [3.63, 3.8) is 0 Å². The topological polar surface area (TPSA) is 74.3 Å². The molecular weight excluding hydrogens is 268 g/mol. The second kappa shape index (κ2) is 6.67. The summed E-state index contributed by atoms with van der Waals surface area (Å²) in [5.41, 5.74) is 7.45. The van der Waals surface area contributed by atoms with Gasteiger partial charge >= 0.3 is 0 Å². The van der Waals surface area contributed by atoms with Crippen LogP contribution in [0.5, 0.6) is 5.75 Å². The van der Waals surface area contributed by atoms with E-state index in [9.17, 15) is 0 Å². The number of oxime groups is 1. The lowest BCUT2D eigenvalue weighted by Crippen LogP contribution is -2.42. The van der Waals surface area contributed by atoms with Crippen molar-refractivity contribution in [1.29, 1.82) is 0 Å². The van der Waals surface area contributed by atoms with Crippen LogP contribution in [0.15, 0.2) is 23.4 Å². The molecule has 0 radical (unpaired) electrons. The molecule has 1 fully saturated rings. The van der Waals surface area contributed by atoms with Crippen LogP contribution in [0.3, 0.4) is 0 Å². The van der Waals surface area contributed by atoms with Gasteiger partial charge in [-0.2, -0.15) is 0 Å². The maximum absolute atomic E-state index is 8.97. The first-order chi connectivity index (χ1) is 10.1. The number of nitrogens with two attached hydrogens (primary N) is 1. The third-order valence-corrected chi connectivity index (χ3v) is 4.20. The van der Waals surface area contributed by atoms with Gasteiger partial charge in [0, 0.05) is 24.7 Å². The highest BCUT2D eigenvalue weighted by Crippen LogP contribution is 2.29. The third-order valence-electron chi connectivity index (χ3n) is 4.20. The molecule has 0 saturated carbocycles. The number of anilines is 1. The summed E-state index contributed by atoms with van der Waals surface area (Å²) >= 11 is 0. The highest BCUT2D eigenvalue weighted by molar-refractivity contribution is 6.02. The van der Waals surface area contributed by atoms with Gasteiger partial charge in [-0.3, -0.25) is 0 Å². The van der Waals surface area contributed by atoms with Gasteiger partial charge in [-0.1, -0.05) is 5.16 Å². The summed E-state index contributed by atoms with van der Waals surface area (Å²) in [6.07, 6.45) is 2.19. The first-order valence-corrected chi connectivity index (χ1v) is 7.14. The summed E-state index contributed by atoms with van der Waals surface area (Å²) in [4.78, 5) is 4.54. The van der Waals surface area contributed by atoms with E-state index in [1.165, 1.54) is 0 Å². The number of amidine groups is 1. The van der Waals surface area contributed by atoms with Crippen LogP contribution in [0.1, 0.15) is 18.4 Å². The van der Waals surface area contributed by atoms with Gasteiger partial charge in [0.1, 0.15) is 5.75 Å². The van der Waals surface area contributed by atoms with Crippen molar-refractivity contribution in [3.05, 3.63) is 23.8 Å². The lowest BCUT2D eigenvalue weighted by molar-refractivity contribution is 0.253. The molecule has 1 aromatic rings. The molecule has 6 heteroatoms. The fourth-order valence-electron chi connectivity index (χ4n) is 2.78. The van der Waals surface area contributed by atoms with Gasteiger partial charge in [-0.15, -0.1) is 0 Å². The van der Waals surface area contributed by atoms with Crippen LogP contribution >= 0.6 is 0 Å². The fraction of sp³-hybridized carbons (Fsp3) is 0.533. The Bertz CT molecular complexity index is 510. The zero-order chi connectivity index (χ0) is 15.4. The molecule has 21 heavy (non-hydrogen) atoms. The van der Waals surface area contributed by atoms with Crippen LogP contribution in [0.2, 0.25) is 0 Å². The number of likely N-dealkylation sites (tertiary alicyclic amines) is 1. The quantitative estimate of drug-likeness (QED) is 0.379. The molecule has 0 aliphatic carbocycles. The van der Waals surface area contributed by atoms with E-state index in [-0.39, 0.29) is 5.84 Å². The second-order valence-electron chi connectivity index (χ2n) is 5.51. The van der Waals surface area contributed by atoms with Gasteiger partial charge in [0.25, 0.3) is 0 Å². The van der Waals surface area contributed by atoms with E-state index >= 15 is 0 Å². The molecule has 0 amide bonds. The first kappa shape index (κ1) is 15.4. The number of methoxy groups -OCH3 is 1. The number of benzene rings is 1. The molecular formula is C15H24N4O2. The Morgan fingerprint density at radius 1 is 1.43 bits per heavy atom. The van der Waals surface area contributed by atoms with Crippen LogP contribution in [-0.4, -0.2) is 56.3 Å². The Balaban J connectivity index is 2.31. The monoisotopic (exact) mass is 292 g/mol. The number of rotatable bonds is 4. The summed E-state index contributed by atoms with van der Waals surface area (Å²) in [7, 11) is 5.83. The lowest BCUT2D eigenvalue weighted by Gasteiger charge is -2.37. The standard InChI is InChI=1S/C15H24N4O2/c1-18-8-6-11(7-9-18)19(2)14-10-12(21-3)4-5-13(14)15(16)17-20/h4-5,10-11,20H,6-9H2,1-3H3,(H2,16,17). The number of hydrogen-bond donors (Lipinski definition) is 2. The third kappa shape index (κ3) is 3.39. The predicted molar refractivity (Wildman–Crippen MR) is 84.4 cm³/mol. The van der Waals surface area contributed by atoms with Crippen LogP contribution in [-0.2, 0) is 0 Å². The Morgan fingerprint density at radius 3 is 2.67 bits per heavy atom. The van der Waals surface area contributed by atoms with Gasteiger partial charge in [0.2, 0.25) is 0 Å². The minimum absolute atomic E-state index is 0.118. The summed E-state index contributed by atoms with van der Waals surface area (Å²) < 4.78 is 5.30. The van der Waals surface area contributed by atoms with Crippen molar-refractivity contribution in [2.24, 2.45) is 10.9 Å². The van der Waals surface area contributed by atoms with Gasteiger partial charge in [-0.25, -0.2) is 0 Å². The largest absolute Gasteiger partial charge is 0.497 e. The van der Waals surface area contributed by atoms with Crippen LogP contribution in [0.25, 0.3) is 0 Å². The van der Waals surface area contributed by atoms with Crippen LogP contribution in [0, 0.1) is 0 Å². The smallest absolute Gasteiger partial charge is 0.172 e. The van der Waals surface area contributed by atoms with E-state index in [4.69, 9.17) is 15.7 Å². The molecule has 0 aromatic heterocycles. The molecule has 1 saturated heterocycles. The van der Waals surface area contributed by atoms with Crippen molar-refractivity contribution in [2.45, 2.75) is 18.9 Å². The highest BCUT2D eigenvalue weighted by Gasteiger charge is 2.23. The second-order valence-corrected chi connectivity index (χ2v) is 5.51. The molecule has 0 spiro atoms. The van der Waals surface area contributed by atoms with E-state index in [2.05, 4.69) is 29.1 Å². The van der Waals surface area contributed by atoms with Gasteiger partial charge < -0.3 is 25.5 Å². The Kier molecular flexibility index (Phi) is 4.90. The van der Waals surface area contributed by atoms with E-state index in [1.54, 1.807) is 7.11 Å². The molecule has 1 aromatic carbocycles. The van der Waals surface area contributed by atoms with Crippen LogP contribution in [0.4, 0.5) is 5.69 Å². The molecule has 1 aliphatic heterocycles. The lowest BCUT2D eigenvalue weighted by atomic mass is 10.0. The molecule has 0 atom stereocenters. The normalized spacial score (nSPS) is 17.8. The number of hydrogen-bond acceptors (Lipinski definition) is 5. The Labute approximate surface area is 125 Å². The number of piperidine rings is 1. The Hall–Kier alpha value is -1.95. The summed E-state index contributed by atoms with van der Waals surface area (Å²) in [5.74, 6) is 0.881. The SMILES string of the molecule is COc1ccc(/C(N)=N/O)c(N(C)C2CCN(C)CC2)c1. The maximum atomic E-state index is 8.97. The molecule has 1 heterocycles. The van der Waals surface area contributed by atoms with E-state index in [0.717, 1.165) is 42.9 Å². The van der Waals surface area contributed by atoms with Crippen molar-refractivity contribution >= 4 is 11.5 Å². The molecule has 116 valence electrons. The Morgan fingerprint density at radius 2 is 2.10 bits per heavy atom. The predicted octanol–water partition coefficient (Wildman–Crippen LogP) is 1.32. The number of nitrogens with zero attached hydrogens (tertiary/aromatic N) is 3. The first-order valence-electron chi connectivity index (χ1n) is 7.14. The highest BCUT2D eigenvalue weighted by atomic mass is 16.5. The van der Waals surface area contributed by atoms with Crippen molar-refractivity contribution < 1.29 is 9.94 Å². The van der Waals surface area contributed by atoms with Gasteiger partial charge in [-0.05, 0) is 45.1 Å². The minimum Gasteiger partial charge on any atom is -0.497 e. The average Bonchev–Trinajstić information content (AvgIpc) is 2.53. The van der Waals surface area contributed by atoms with E-state index in [1.807, 2.05) is 18.2 Å². The maximum Gasteiger partial charge on any atom is 0.172 e. The van der Waals surface area contributed by atoms with E-state index in [0.29, 0.717) is 6.04 Å². The zero-order valence-electron chi connectivity index (χ0n) is 12.9. The zero-order valence-corrected chi connectivity index (χ0v) is 12.9. The van der Waals surface area contributed by atoms with E-state index < -0.39 is 0 Å². The molecule has 0 bridgehead atoms. The molecule has 0 unspecified atom stereocenters. The fourth-order valence-corrected chi connectivity index (χ4v) is 2.78. The molecule has 1 aliphatic rings. The summed E-state index contributed by atoms with van der Waals surface area (Å²) in [6.45, 7) is 2.16. The summed E-state index contributed by atoms with van der Waals surface area (Å²) in [5, 5.41) is 12.1. The van der Waals surface area contributed by atoms with Crippen molar-refractivity contribution in [3.8, 4) is 5.75 Å². The number of ether oxygens (including phenoxy) is 1. The molecule has 3 N–H and O–H groups in total. The van der Waals surface area contributed by atoms with Crippen LogP contribution < -0.4 is 15.4 Å². The molecule has 6 nitrogen and oxygen atoms in total. The van der Waals surface area contributed by atoms with Crippen molar-refractivity contribution in [1.82, 2.24) is 4.90 Å². The minimum atomic E-state index is 0.118. The molecule has 2 rings (SSSR count). The van der Waals surface area contributed by atoms with Crippen molar-refractivity contribution in [2.75, 3.05) is 39.2 Å². The summed E-state index contributed by atoms with van der Waals surface area (Å²) in [6, 6.07) is 6.03. The average molecular weight is 292 g/mol.